The fourth-order valence-corrected chi connectivity index (χ4v) is 1.60. The van der Waals surface area contributed by atoms with Crippen molar-refractivity contribution in [1.82, 2.24) is 5.32 Å². The molecule has 0 aliphatic carbocycles. The summed E-state index contributed by atoms with van der Waals surface area (Å²) in [4.78, 5) is 11.7. The lowest BCUT2D eigenvalue weighted by Crippen LogP contribution is -2.33. The number of amides is 1. The Labute approximate surface area is 114 Å². The minimum atomic E-state index is 0.208. The highest BCUT2D eigenvalue weighted by Crippen LogP contribution is 2.24. The zero-order chi connectivity index (χ0) is 14.4. The molecule has 1 atom stereocenters. The van der Waals surface area contributed by atoms with Crippen LogP contribution >= 0.6 is 0 Å². The average Bonchev–Trinajstić information content (AvgIpc) is 2.18. The smallest absolute Gasteiger partial charge is 0.220 e. The van der Waals surface area contributed by atoms with E-state index in [2.05, 4.69) is 53.8 Å². The SMILES string of the molecule is CC(CNC(=O)CCCCC(C)(C)C)C(C)(C)C. The van der Waals surface area contributed by atoms with E-state index >= 15 is 0 Å². The van der Waals surface area contributed by atoms with Crippen LogP contribution in [0, 0.1) is 16.7 Å². The molecular formula is C16H33NO. The van der Waals surface area contributed by atoms with Crippen LogP contribution in [0.5, 0.6) is 0 Å². The summed E-state index contributed by atoms with van der Waals surface area (Å²) < 4.78 is 0. The van der Waals surface area contributed by atoms with E-state index in [-0.39, 0.29) is 11.3 Å². The molecule has 0 heterocycles. The maximum atomic E-state index is 11.7. The van der Waals surface area contributed by atoms with E-state index in [1.54, 1.807) is 0 Å². The topological polar surface area (TPSA) is 29.1 Å². The molecule has 0 rings (SSSR count). The van der Waals surface area contributed by atoms with Crippen molar-refractivity contribution in [2.45, 2.75) is 74.1 Å². The third-order valence-electron chi connectivity index (χ3n) is 3.66. The second kappa shape index (κ2) is 7.16. The highest BCUT2D eigenvalue weighted by molar-refractivity contribution is 5.75. The molecule has 0 aromatic carbocycles. The molecule has 0 saturated carbocycles. The van der Waals surface area contributed by atoms with E-state index in [0.29, 0.717) is 17.8 Å². The minimum Gasteiger partial charge on any atom is -0.356 e. The van der Waals surface area contributed by atoms with Crippen LogP contribution in [0.3, 0.4) is 0 Å². The Bertz CT molecular complexity index is 245. The van der Waals surface area contributed by atoms with Gasteiger partial charge in [-0.05, 0) is 29.6 Å². The Balaban J connectivity index is 3.67. The molecule has 0 radical (unpaired) electrons. The van der Waals surface area contributed by atoms with Gasteiger partial charge in [0.1, 0.15) is 0 Å². The summed E-state index contributed by atoms with van der Waals surface area (Å²) in [6.45, 7) is 16.4. The van der Waals surface area contributed by atoms with Gasteiger partial charge in [-0.15, -0.1) is 0 Å². The normalized spacial score (nSPS) is 14.4. The summed E-state index contributed by atoms with van der Waals surface area (Å²) in [6, 6.07) is 0. The molecule has 1 unspecified atom stereocenters. The number of carbonyl (C=O) groups excluding carboxylic acids is 1. The summed E-state index contributed by atoms with van der Waals surface area (Å²) in [5.74, 6) is 0.719. The predicted octanol–water partition coefficient (Wildman–Crippen LogP) is 4.39. The molecule has 2 nitrogen and oxygen atoms in total. The number of carbonyl (C=O) groups is 1. The van der Waals surface area contributed by atoms with Gasteiger partial charge >= 0.3 is 0 Å². The molecule has 1 N–H and O–H groups in total. The van der Waals surface area contributed by atoms with Gasteiger partial charge in [0.25, 0.3) is 0 Å². The van der Waals surface area contributed by atoms with Crippen LogP contribution in [0.15, 0.2) is 0 Å². The maximum Gasteiger partial charge on any atom is 0.220 e. The highest BCUT2D eigenvalue weighted by atomic mass is 16.1. The predicted molar refractivity (Wildman–Crippen MR) is 79.6 cm³/mol. The molecule has 18 heavy (non-hydrogen) atoms. The van der Waals surface area contributed by atoms with Gasteiger partial charge < -0.3 is 5.32 Å². The Morgan fingerprint density at radius 2 is 1.61 bits per heavy atom. The van der Waals surface area contributed by atoms with Gasteiger partial charge in [0.05, 0.1) is 0 Å². The number of hydrogen-bond acceptors (Lipinski definition) is 1. The first-order valence-electron chi connectivity index (χ1n) is 7.29. The Morgan fingerprint density at radius 3 is 2.06 bits per heavy atom. The van der Waals surface area contributed by atoms with E-state index in [9.17, 15) is 4.79 Å². The zero-order valence-corrected chi connectivity index (χ0v) is 13.5. The van der Waals surface area contributed by atoms with Crippen molar-refractivity contribution < 1.29 is 4.79 Å². The van der Waals surface area contributed by atoms with Crippen molar-refractivity contribution in [3.8, 4) is 0 Å². The molecule has 0 aromatic rings. The first-order valence-corrected chi connectivity index (χ1v) is 7.29. The monoisotopic (exact) mass is 255 g/mol. The summed E-state index contributed by atoms with van der Waals surface area (Å²) >= 11 is 0. The van der Waals surface area contributed by atoms with Gasteiger partial charge in [-0.2, -0.15) is 0 Å². The largest absolute Gasteiger partial charge is 0.356 e. The molecule has 0 fully saturated rings. The maximum absolute atomic E-state index is 11.7. The highest BCUT2D eigenvalue weighted by Gasteiger charge is 2.20. The molecule has 0 aliphatic heterocycles. The number of nitrogens with one attached hydrogen (secondary N) is 1. The molecular weight excluding hydrogens is 222 g/mol. The van der Waals surface area contributed by atoms with E-state index in [4.69, 9.17) is 0 Å². The number of rotatable bonds is 6. The Morgan fingerprint density at radius 1 is 1.06 bits per heavy atom. The zero-order valence-electron chi connectivity index (χ0n) is 13.5. The Kier molecular flexibility index (Phi) is 6.94. The van der Waals surface area contributed by atoms with E-state index < -0.39 is 0 Å². The lowest BCUT2D eigenvalue weighted by atomic mass is 9.82. The van der Waals surface area contributed by atoms with Crippen LogP contribution in [0.1, 0.15) is 74.1 Å². The van der Waals surface area contributed by atoms with Gasteiger partial charge in [0.15, 0.2) is 0 Å². The van der Waals surface area contributed by atoms with Gasteiger partial charge in [-0.3, -0.25) is 4.79 Å². The Hall–Kier alpha value is -0.530. The van der Waals surface area contributed by atoms with Crippen molar-refractivity contribution in [3.63, 3.8) is 0 Å². The van der Waals surface area contributed by atoms with Crippen molar-refractivity contribution in [2.24, 2.45) is 16.7 Å². The molecule has 1 amide bonds. The minimum absolute atomic E-state index is 0.208. The molecule has 108 valence electrons. The summed E-state index contributed by atoms with van der Waals surface area (Å²) in [5, 5.41) is 3.05. The summed E-state index contributed by atoms with van der Waals surface area (Å²) in [7, 11) is 0. The van der Waals surface area contributed by atoms with Crippen LogP contribution < -0.4 is 5.32 Å². The summed E-state index contributed by atoms with van der Waals surface area (Å²) in [5.41, 5.74) is 0.650. The number of unbranched alkanes of at least 4 members (excludes halogenated alkanes) is 1. The fraction of sp³-hybridized carbons (Fsp3) is 0.938. The van der Waals surface area contributed by atoms with Crippen LogP contribution in [-0.4, -0.2) is 12.5 Å². The quantitative estimate of drug-likeness (QED) is 0.701. The second-order valence-corrected chi connectivity index (χ2v) is 7.84. The second-order valence-electron chi connectivity index (χ2n) is 7.84. The van der Waals surface area contributed by atoms with Crippen molar-refractivity contribution in [1.29, 1.82) is 0 Å². The van der Waals surface area contributed by atoms with E-state index in [1.165, 1.54) is 6.42 Å². The van der Waals surface area contributed by atoms with Gasteiger partial charge in [0.2, 0.25) is 5.91 Å². The van der Waals surface area contributed by atoms with E-state index in [1.807, 2.05) is 0 Å². The molecule has 0 bridgehead atoms. The van der Waals surface area contributed by atoms with Gasteiger partial charge in [-0.1, -0.05) is 54.9 Å². The standard InChI is InChI=1S/C16H33NO/c1-13(16(5,6)7)12-17-14(18)10-8-9-11-15(2,3)4/h13H,8-12H2,1-7H3,(H,17,18). The third-order valence-corrected chi connectivity index (χ3v) is 3.66. The number of hydrogen-bond donors (Lipinski definition) is 1. The summed E-state index contributed by atoms with van der Waals surface area (Å²) in [6.07, 6.45) is 4.02. The molecule has 2 heteroatoms. The van der Waals surface area contributed by atoms with Crippen molar-refractivity contribution in [3.05, 3.63) is 0 Å². The molecule has 0 spiro atoms. The molecule has 0 aromatic heterocycles. The first-order chi connectivity index (χ1) is 8.02. The molecule has 0 saturated heterocycles. The van der Waals surface area contributed by atoms with Crippen LogP contribution in [0.25, 0.3) is 0 Å². The lowest BCUT2D eigenvalue weighted by molar-refractivity contribution is -0.121. The lowest BCUT2D eigenvalue weighted by Gasteiger charge is -2.27. The molecule has 0 aliphatic rings. The van der Waals surface area contributed by atoms with Crippen LogP contribution in [-0.2, 0) is 4.79 Å². The van der Waals surface area contributed by atoms with Crippen molar-refractivity contribution >= 4 is 5.91 Å². The van der Waals surface area contributed by atoms with Crippen molar-refractivity contribution in [2.75, 3.05) is 6.54 Å². The third kappa shape index (κ3) is 9.49. The first kappa shape index (κ1) is 17.5. The van der Waals surface area contributed by atoms with E-state index in [0.717, 1.165) is 19.4 Å². The van der Waals surface area contributed by atoms with Gasteiger partial charge in [-0.25, -0.2) is 0 Å². The average molecular weight is 255 g/mol. The van der Waals surface area contributed by atoms with Gasteiger partial charge in [0, 0.05) is 13.0 Å². The van der Waals surface area contributed by atoms with Crippen LogP contribution in [0.4, 0.5) is 0 Å². The van der Waals surface area contributed by atoms with Crippen LogP contribution in [0.2, 0.25) is 0 Å². The fourth-order valence-electron chi connectivity index (χ4n) is 1.60.